The van der Waals surface area contributed by atoms with Crippen LogP contribution in [0, 0.1) is 11.7 Å². The summed E-state index contributed by atoms with van der Waals surface area (Å²) < 4.78 is 18.4. The van der Waals surface area contributed by atoms with Gasteiger partial charge in [-0.1, -0.05) is 0 Å². The molecule has 3 nitrogen and oxygen atoms in total. The molecule has 0 heterocycles. The molecule has 1 aliphatic carbocycles. The molecule has 100 valence electrons. The smallest absolute Gasteiger partial charge is 0.123 e. The van der Waals surface area contributed by atoms with Crippen LogP contribution in [-0.4, -0.2) is 36.8 Å². The summed E-state index contributed by atoms with van der Waals surface area (Å²) in [6.45, 7) is 1.59. The Labute approximate surface area is 107 Å². The van der Waals surface area contributed by atoms with Crippen LogP contribution in [0.3, 0.4) is 0 Å². The lowest BCUT2D eigenvalue weighted by Crippen LogP contribution is -2.36. The normalized spacial score (nSPS) is 22.9. The van der Waals surface area contributed by atoms with Crippen molar-refractivity contribution in [2.45, 2.75) is 25.5 Å². The summed E-state index contributed by atoms with van der Waals surface area (Å²) in [4.78, 5) is 2.15. The number of rotatable bonds is 5. The highest BCUT2D eigenvalue weighted by atomic mass is 19.1. The Balaban J connectivity index is 1.93. The Hall–Kier alpha value is -1.13. The van der Waals surface area contributed by atoms with Gasteiger partial charge in [-0.2, -0.15) is 0 Å². The van der Waals surface area contributed by atoms with Crippen molar-refractivity contribution in [2.24, 2.45) is 5.92 Å². The SMILES string of the molecule is COc1ccc(F)cc1CN(C)CC1CC(O)C1. The molecule has 0 radical (unpaired) electrons. The van der Waals surface area contributed by atoms with Gasteiger partial charge in [-0.3, -0.25) is 0 Å². The molecule has 0 bridgehead atoms. The minimum Gasteiger partial charge on any atom is -0.496 e. The standard InChI is InChI=1S/C14H20FNO2/c1-16(8-10-5-13(17)6-10)9-11-7-12(15)3-4-14(11)18-2/h3-4,7,10,13,17H,5-6,8-9H2,1-2H3. The second kappa shape index (κ2) is 5.67. The zero-order chi connectivity index (χ0) is 13.1. The first-order chi connectivity index (χ1) is 8.58. The van der Waals surface area contributed by atoms with E-state index in [-0.39, 0.29) is 11.9 Å². The Morgan fingerprint density at radius 2 is 2.17 bits per heavy atom. The van der Waals surface area contributed by atoms with E-state index < -0.39 is 0 Å². The number of ether oxygens (including phenoxy) is 1. The molecule has 0 saturated heterocycles. The lowest BCUT2D eigenvalue weighted by molar-refractivity contribution is 0.0273. The van der Waals surface area contributed by atoms with E-state index in [1.54, 1.807) is 13.2 Å². The zero-order valence-electron chi connectivity index (χ0n) is 10.9. The van der Waals surface area contributed by atoms with Crippen molar-refractivity contribution < 1.29 is 14.2 Å². The fraction of sp³-hybridized carbons (Fsp3) is 0.571. The number of nitrogens with zero attached hydrogens (tertiary/aromatic N) is 1. The van der Waals surface area contributed by atoms with Crippen LogP contribution in [0.4, 0.5) is 4.39 Å². The molecular weight excluding hydrogens is 233 g/mol. The summed E-state index contributed by atoms with van der Waals surface area (Å²) in [5, 5.41) is 9.25. The van der Waals surface area contributed by atoms with Crippen LogP contribution < -0.4 is 4.74 Å². The Kier molecular flexibility index (Phi) is 4.19. The number of halogens is 1. The Bertz CT molecular complexity index is 405. The Morgan fingerprint density at radius 3 is 2.78 bits per heavy atom. The highest BCUT2D eigenvalue weighted by Gasteiger charge is 2.27. The van der Waals surface area contributed by atoms with Gasteiger partial charge in [0.25, 0.3) is 0 Å². The predicted octanol–water partition coefficient (Wildman–Crippen LogP) is 2.04. The second-order valence-corrected chi connectivity index (χ2v) is 5.14. The summed E-state index contributed by atoms with van der Waals surface area (Å²) >= 11 is 0. The molecule has 18 heavy (non-hydrogen) atoms. The fourth-order valence-corrected chi connectivity index (χ4v) is 2.52. The van der Waals surface area contributed by atoms with Crippen molar-refractivity contribution in [3.05, 3.63) is 29.6 Å². The predicted molar refractivity (Wildman–Crippen MR) is 68.0 cm³/mol. The van der Waals surface area contributed by atoms with Crippen LogP contribution in [0.5, 0.6) is 5.75 Å². The van der Waals surface area contributed by atoms with E-state index in [1.807, 2.05) is 7.05 Å². The van der Waals surface area contributed by atoms with E-state index in [2.05, 4.69) is 4.90 Å². The van der Waals surface area contributed by atoms with Gasteiger partial charge in [-0.15, -0.1) is 0 Å². The molecule has 1 aromatic carbocycles. The van der Waals surface area contributed by atoms with Crippen molar-refractivity contribution in [1.82, 2.24) is 4.90 Å². The molecule has 4 heteroatoms. The number of benzene rings is 1. The van der Waals surface area contributed by atoms with Crippen molar-refractivity contribution in [2.75, 3.05) is 20.7 Å². The van der Waals surface area contributed by atoms with Gasteiger partial charge in [-0.25, -0.2) is 4.39 Å². The fourth-order valence-electron chi connectivity index (χ4n) is 2.52. The number of aliphatic hydroxyl groups excluding tert-OH is 1. The molecule has 0 amide bonds. The van der Waals surface area contributed by atoms with E-state index in [9.17, 15) is 9.50 Å². The highest BCUT2D eigenvalue weighted by Crippen LogP contribution is 2.28. The lowest BCUT2D eigenvalue weighted by atomic mass is 9.82. The first kappa shape index (κ1) is 13.3. The molecule has 0 unspecified atom stereocenters. The van der Waals surface area contributed by atoms with Crippen LogP contribution in [0.1, 0.15) is 18.4 Å². The first-order valence-corrected chi connectivity index (χ1v) is 6.27. The van der Waals surface area contributed by atoms with Gasteiger partial charge < -0.3 is 14.7 Å². The van der Waals surface area contributed by atoms with Crippen molar-refractivity contribution in [3.63, 3.8) is 0 Å². The zero-order valence-corrected chi connectivity index (χ0v) is 10.9. The van der Waals surface area contributed by atoms with E-state index in [1.165, 1.54) is 12.1 Å². The molecule has 1 saturated carbocycles. The van der Waals surface area contributed by atoms with Crippen LogP contribution in [0.2, 0.25) is 0 Å². The van der Waals surface area contributed by atoms with Gasteiger partial charge in [0.1, 0.15) is 11.6 Å². The van der Waals surface area contributed by atoms with Gasteiger partial charge in [0.05, 0.1) is 13.2 Å². The van der Waals surface area contributed by atoms with Crippen LogP contribution in [0.25, 0.3) is 0 Å². The minimum atomic E-state index is -0.238. The molecule has 1 N–H and O–H groups in total. The summed E-state index contributed by atoms with van der Waals surface area (Å²) in [7, 11) is 3.61. The largest absolute Gasteiger partial charge is 0.496 e. The average molecular weight is 253 g/mol. The molecule has 0 aliphatic heterocycles. The highest BCUT2D eigenvalue weighted by molar-refractivity contribution is 5.33. The molecule has 0 atom stereocenters. The topological polar surface area (TPSA) is 32.7 Å². The van der Waals surface area contributed by atoms with Gasteiger partial charge >= 0.3 is 0 Å². The van der Waals surface area contributed by atoms with E-state index in [0.29, 0.717) is 12.5 Å². The van der Waals surface area contributed by atoms with Crippen molar-refractivity contribution in [1.29, 1.82) is 0 Å². The second-order valence-electron chi connectivity index (χ2n) is 5.14. The summed E-state index contributed by atoms with van der Waals surface area (Å²) in [5.74, 6) is 1.04. The van der Waals surface area contributed by atoms with Gasteiger partial charge in [0.15, 0.2) is 0 Å². The van der Waals surface area contributed by atoms with E-state index in [0.717, 1.165) is 30.7 Å². The third-order valence-electron chi connectivity index (χ3n) is 3.46. The van der Waals surface area contributed by atoms with Crippen LogP contribution >= 0.6 is 0 Å². The molecule has 2 rings (SSSR count). The molecule has 1 fully saturated rings. The lowest BCUT2D eigenvalue weighted by Gasteiger charge is -2.34. The molecule has 0 spiro atoms. The maximum Gasteiger partial charge on any atom is 0.123 e. The van der Waals surface area contributed by atoms with Gasteiger partial charge in [0, 0.05) is 18.7 Å². The van der Waals surface area contributed by atoms with Gasteiger partial charge in [0.2, 0.25) is 0 Å². The quantitative estimate of drug-likeness (QED) is 0.871. The van der Waals surface area contributed by atoms with E-state index in [4.69, 9.17) is 4.74 Å². The summed E-state index contributed by atoms with van der Waals surface area (Å²) in [6, 6.07) is 4.58. The van der Waals surface area contributed by atoms with E-state index >= 15 is 0 Å². The molecule has 1 aromatic rings. The number of hydrogen-bond donors (Lipinski definition) is 1. The minimum absolute atomic E-state index is 0.118. The molecule has 1 aliphatic rings. The number of methoxy groups -OCH3 is 1. The molecule has 0 aromatic heterocycles. The summed E-state index contributed by atoms with van der Waals surface area (Å²) in [5.41, 5.74) is 0.861. The molecular formula is C14H20FNO2. The third kappa shape index (κ3) is 3.21. The maximum atomic E-state index is 13.2. The third-order valence-corrected chi connectivity index (χ3v) is 3.46. The number of hydrogen-bond acceptors (Lipinski definition) is 3. The summed E-state index contributed by atoms with van der Waals surface area (Å²) in [6.07, 6.45) is 1.64. The average Bonchev–Trinajstić information content (AvgIpc) is 2.27. The first-order valence-electron chi connectivity index (χ1n) is 6.27. The maximum absolute atomic E-state index is 13.2. The van der Waals surface area contributed by atoms with Crippen LogP contribution in [0.15, 0.2) is 18.2 Å². The van der Waals surface area contributed by atoms with Crippen molar-refractivity contribution >= 4 is 0 Å². The van der Waals surface area contributed by atoms with Crippen LogP contribution in [-0.2, 0) is 6.54 Å². The van der Waals surface area contributed by atoms with Gasteiger partial charge in [-0.05, 0) is 44.0 Å². The van der Waals surface area contributed by atoms with Crippen molar-refractivity contribution in [3.8, 4) is 5.75 Å². The monoisotopic (exact) mass is 253 g/mol. The Morgan fingerprint density at radius 1 is 1.44 bits per heavy atom. The number of aliphatic hydroxyl groups is 1.